The van der Waals surface area contributed by atoms with Gasteiger partial charge in [0.05, 0.1) is 24.7 Å². The first kappa shape index (κ1) is 13.0. The number of hydrogen-bond donors (Lipinski definition) is 1. The number of carboxylic acid groups (broad SMARTS) is 1. The quantitative estimate of drug-likeness (QED) is 0.912. The lowest BCUT2D eigenvalue weighted by Gasteiger charge is -2.08. The fourth-order valence-corrected chi connectivity index (χ4v) is 1.78. The molecule has 1 heterocycles. The van der Waals surface area contributed by atoms with Crippen molar-refractivity contribution >= 4 is 5.97 Å². The van der Waals surface area contributed by atoms with Crippen LogP contribution in [-0.4, -0.2) is 27.7 Å². The topological polar surface area (TPSA) is 72.3 Å². The van der Waals surface area contributed by atoms with Crippen molar-refractivity contribution in [3.63, 3.8) is 0 Å². The molecule has 0 aliphatic heterocycles. The smallest absolute Gasteiger partial charge is 0.356 e. The van der Waals surface area contributed by atoms with Gasteiger partial charge in [0.1, 0.15) is 5.75 Å². The van der Waals surface area contributed by atoms with E-state index < -0.39 is 5.97 Å². The largest absolute Gasteiger partial charge is 0.494 e. The first-order valence-corrected chi connectivity index (χ1v) is 5.91. The zero-order valence-corrected chi connectivity index (χ0v) is 10.8. The number of rotatable bonds is 4. The van der Waals surface area contributed by atoms with Crippen LogP contribution in [0.3, 0.4) is 0 Å². The molecule has 0 amide bonds. The molecule has 0 radical (unpaired) electrons. The van der Waals surface area contributed by atoms with E-state index in [4.69, 9.17) is 9.84 Å². The molecule has 98 valence electrons. The minimum Gasteiger partial charge on any atom is -0.494 e. The number of carbonyl (C=O) groups is 1. The summed E-state index contributed by atoms with van der Waals surface area (Å²) in [5, 5.41) is 8.92. The Morgan fingerprint density at radius 2 is 2.16 bits per heavy atom. The van der Waals surface area contributed by atoms with Crippen LogP contribution in [0.2, 0.25) is 0 Å². The molecule has 0 atom stereocenters. The number of aromatic carboxylic acids is 1. The number of ether oxygens (including phenoxy) is 1. The zero-order valence-electron chi connectivity index (χ0n) is 10.8. The zero-order chi connectivity index (χ0) is 13.8. The van der Waals surface area contributed by atoms with Gasteiger partial charge in [-0.3, -0.25) is 4.98 Å². The Balaban J connectivity index is 2.41. The Bertz CT molecular complexity index is 611. The molecule has 2 rings (SSSR count). The van der Waals surface area contributed by atoms with Crippen molar-refractivity contribution in [1.29, 1.82) is 0 Å². The van der Waals surface area contributed by atoms with E-state index in [2.05, 4.69) is 9.97 Å². The number of nitrogens with zero attached hydrogens (tertiary/aromatic N) is 2. The summed E-state index contributed by atoms with van der Waals surface area (Å²) < 4.78 is 5.41. The van der Waals surface area contributed by atoms with Gasteiger partial charge >= 0.3 is 5.97 Å². The van der Waals surface area contributed by atoms with Crippen LogP contribution in [0, 0.1) is 6.92 Å². The standard InChI is InChI=1S/C14H14N2O3/c1-3-19-10-4-5-11(9(2)6-10)12-7-15-8-13(16-12)14(17)18/h4-8H,3H2,1-2H3,(H,17,18). The molecule has 0 aliphatic carbocycles. The number of benzene rings is 1. The lowest BCUT2D eigenvalue weighted by molar-refractivity contribution is 0.0690. The summed E-state index contributed by atoms with van der Waals surface area (Å²) in [5.41, 5.74) is 2.29. The molecule has 1 aromatic carbocycles. The van der Waals surface area contributed by atoms with Crippen molar-refractivity contribution in [3.8, 4) is 17.0 Å². The van der Waals surface area contributed by atoms with Crippen molar-refractivity contribution in [2.75, 3.05) is 6.61 Å². The molecule has 1 N–H and O–H groups in total. The van der Waals surface area contributed by atoms with Gasteiger partial charge in [0.25, 0.3) is 0 Å². The molecule has 0 spiro atoms. The molecule has 5 heteroatoms. The first-order valence-electron chi connectivity index (χ1n) is 5.91. The first-order chi connectivity index (χ1) is 9.11. The van der Waals surface area contributed by atoms with Gasteiger partial charge in [-0.15, -0.1) is 0 Å². The monoisotopic (exact) mass is 258 g/mol. The maximum absolute atomic E-state index is 10.9. The SMILES string of the molecule is CCOc1ccc(-c2cncc(C(=O)O)n2)c(C)c1. The third-order valence-corrected chi connectivity index (χ3v) is 2.64. The highest BCUT2D eigenvalue weighted by Crippen LogP contribution is 2.25. The van der Waals surface area contributed by atoms with Crippen molar-refractivity contribution in [1.82, 2.24) is 9.97 Å². The Morgan fingerprint density at radius 1 is 1.37 bits per heavy atom. The predicted octanol–water partition coefficient (Wildman–Crippen LogP) is 2.55. The highest BCUT2D eigenvalue weighted by Gasteiger charge is 2.10. The Morgan fingerprint density at radius 3 is 2.79 bits per heavy atom. The lowest BCUT2D eigenvalue weighted by atomic mass is 10.1. The van der Waals surface area contributed by atoms with Crippen molar-refractivity contribution in [2.24, 2.45) is 0 Å². The van der Waals surface area contributed by atoms with E-state index in [9.17, 15) is 4.79 Å². The number of aryl methyl sites for hydroxylation is 1. The van der Waals surface area contributed by atoms with Gasteiger partial charge in [-0.25, -0.2) is 9.78 Å². The molecule has 0 unspecified atom stereocenters. The fourth-order valence-electron chi connectivity index (χ4n) is 1.78. The van der Waals surface area contributed by atoms with Crippen molar-refractivity contribution in [3.05, 3.63) is 41.9 Å². The van der Waals surface area contributed by atoms with Gasteiger partial charge in [-0.2, -0.15) is 0 Å². The van der Waals surface area contributed by atoms with Crippen LogP contribution < -0.4 is 4.74 Å². The summed E-state index contributed by atoms with van der Waals surface area (Å²) in [6.45, 7) is 4.45. The molecule has 5 nitrogen and oxygen atoms in total. The van der Waals surface area contributed by atoms with Crippen LogP contribution in [0.25, 0.3) is 11.3 Å². The average molecular weight is 258 g/mol. The van der Waals surface area contributed by atoms with E-state index in [0.29, 0.717) is 12.3 Å². The van der Waals surface area contributed by atoms with E-state index in [1.165, 1.54) is 6.20 Å². The van der Waals surface area contributed by atoms with Crippen LogP contribution in [0.1, 0.15) is 23.0 Å². The summed E-state index contributed by atoms with van der Waals surface area (Å²) in [7, 11) is 0. The van der Waals surface area contributed by atoms with E-state index >= 15 is 0 Å². The normalized spacial score (nSPS) is 10.2. The summed E-state index contributed by atoms with van der Waals surface area (Å²) >= 11 is 0. The minimum absolute atomic E-state index is 0.0641. The second-order valence-electron chi connectivity index (χ2n) is 4.00. The molecule has 0 aliphatic rings. The molecular weight excluding hydrogens is 244 g/mol. The molecule has 19 heavy (non-hydrogen) atoms. The van der Waals surface area contributed by atoms with Gasteiger partial charge in [0.2, 0.25) is 0 Å². The third kappa shape index (κ3) is 2.88. The molecular formula is C14H14N2O3. The molecule has 0 saturated carbocycles. The van der Waals surface area contributed by atoms with Crippen LogP contribution in [0.15, 0.2) is 30.6 Å². The van der Waals surface area contributed by atoms with E-state index in [-0.39, 0.29) is 5.69 Å². The number of carboxylic acids is 1. The Kier molecular flexibility index (Phi) is 3.75. The summed E-state index contributed by atoms with van der Waals surface area (Å²) in [6.07, 6.45) is 2.78. The van der Waals surface area contributed by atoms with Gasteiger partial charge in [-0.1, -0.05) is 0 Å². The fraction of sp³-hybridized carbons (Fsp3) is 0.214. The highest BCUT2D eigenvalue weighted by molar-refractivity contribution is 5.85. The Hall–Kier alpha value is -2.43. The molecule has 0 saturated heterocycles. The van der Waals surface area contributed by atoms with Crippen LogP contribution in [0.5, 0.6) is 5.75 Å². The second-order valence-corrected chi connectivity index (χ2v) is 4.00. The Labute approximate surface area is 110 Å². The maximum Gasteiger partial charge on any atom is 0.356 e. The molecule has 0 fully saturated rings. The van der Waals surface area contributed by atoms with E-state index in [0.717, 1.165) is 16.9 Å². The second kappa shape index (κ2) is 5.48. The lowest BCUT2D eigenvalue weighted by Crippen LogP contribution is -2.02. The van der Waals surface area contributed by atoms with Crippen LogP contribution >= 0.6 is 0 Å². The number of hydrogen-bond acceptors (Lipinski definition) is 4. The summed E-state index contributed by atoms with van der Waals surface area (Å²) in [4.78, 5) is 18.9. The number of aromatic nitrogens is 2. The van der Waals surface area contributed by atoms with E-state index in [1.54, 1.807) is 6.20 Å². The molecule has 1 aromatic heterocycles. The predicted molar refractivity (Wildman–Crippen MR) is 70.3 cm³/mol. The van der Waals surface area contributed by atoms with Gasteiger partial charge in [0.15, 0.2) is 5.69 Å². The van der Waals surface area contributed by atoms with Crippen LogP contribution in [0.4, 0.5) is 0 Å². The highest BCUT2D eigenvalue weighted by atomic mass is 16.5. The molecule has 0 bridgehead atoms. The van der Waals surface area contributed by atoms with Crippen molar-refractivity contribution in [2.45, 2.75) is 13.8 Å². The van der Waals surface area contributed by atoms with Gasteiger partial charge in [-0.05, 0) is 37.6 Å². The van der Waals surface area contributed by atoms with Gasteiger partial charge in [0, 0.05) is 5.56 Å². The summed E-state index contributed by atoms with van der Waals surface area (Å²) in [6, 6.07) is 5.59. The minimum atomic E-state index is -1.09. The third-order valence-electron chi connectivity index (χ3n) is 2.64. The van der Waals surface area contributed by atoms with E-state index in [1.807, 2.05) is 32.0 Å². The van der Waals surface area contributed by atoms with Crippen molar-refractivity contribution < 1.29 is 14.6 Å². The maximum atomic E-state index is 10.9. The van der Waals surface area contributed by atoms with Crippen LogP contribution in [-0.2, 0) is 0 Å². The van der Waals surface area contributed by atoms with Gasteiger partial charge < -0.3 is 9.84 Å². The average Bonchev–Trinajstić information content (AvgIpc) is 2.39. The summed E-state index contributed by atoms with van der Waals surface area (Å²) in [5.74, 6) is -0.302. The molecule has 2 aromatic rings.